The largest absolute Gasteiger partial charge is 0.376 e. The molecule has 1 atom stereocenters. The van der Waals surface area contributed by atoms with Gasteiger partial charge in [-0.05, 0) is 51.1 Å². The van der Waals surface area contributed by atoms with Gasteiger partial charge in [0.15, 0.2) is 0 Å². The molecule has 0 aromatic carbocycles. The molecule has 0 amide bonds. The molecule has 0 saturated carbocycles. The fourth-order valence-corrected chi connectivity index (χ4v) is 4.02. The second kappa shape index (κ2) is 8.80. The molecule has 0 spiro atoms. The molecule has 2 aromatic rings. The van der Waals surface area contributed by atoms with E-state index in [1.54, 1.807) is 0 Å². The van der Waals surface area contributed by atoms with Crippen molar-refractivity contribution in [3.8, 4) is 0 Å². The first kappa shape index (κ1) is 18.4. The maximum atomic E-state index is 5.62. The summed E-state index contributed by atoms with van der Waals surface area (Å²) in [5.41, 5.74) is 5.11. The van der Waals surface area contributed by atoms with Gasteiger partial charge in [-0.3, -0.25) is 10.00 Å². The van der Waals surface area contributed by atoms with Crippen LogP contribution in [0.1, 0.15) is 54.6 Å². The molecular weight excluding hydrogens is 340 g/mol. The molecule has 2 N–H and O–H groups in total. The molecule has 7 nitrogen and oxygen atoms in total. The van der Waals surface area contributed by atoms with Crippen molar-refractivity contribution < 1.29 is 4.74 Å². The summed E-state index contributed by atoms with van der Waals surface area (Å²) in [4.78, 5) is 11.2. The zero-order valence-corrected chi connectivity index (χ0v) is 16.2. The molecule has 2 aromatic heterocycles. The Labute approximate surface area is 160 Å². The summed E-state index contributed by atoms with van der Waals surface area (Å²) < 4.78 is 5.62. The molecule has 0 unspecified atom stereocenters. The summed E-state index contributed by atoms with van der Waals surface area (Å²) in [7, 11) is 2.13. The lowest BCUT2D eigenvalue weighted by molar-refractivity contribution is 0.120. The van der Waals surface area contributed by atoms with Gasteiger partial charge in [0.25, 0.3) is 0 Å². The number of aromatic amines is 1. The van der Waals surface area contributed by atoms with Crippen LogP contribution < -0.4 is 5.32 Å². The molecule has 3 heterocycles. The van der Waals surface area contributed by atoms with Crippen LogP contribution in [0.15, 0.2) is 12.4 Å². The Morgan fingerprint density at radius 1 is 1.15 bits per heavy atom. The van der Waals surface area contributed by atoms with Crippen molar-refractivity contribution in [1.29, 1.82) is 0 Å². The first-order chi connectivity index (χ1) is 13.3. The third-order valence-electron chi connectivity index (χ3n) is 5.48. The molecule has 1 fully saturated rings. The predicted octanol–water partition coefficient (Wildman–Crippen LogP) is 2.69. The Bertz CT molecular complexity index is 723. The minimum Gasteiger partial charge on any atom is -0.376 e. The van der Waals surface area contributed by atoms with E-state index in [4.69, 9.17) is 4.74 Å². The molecular formula is C20H30N6O. The van der Waals surface area contributed by atoms with Crippen molar-refractivity contribution >= 4 is 5.95 Å². The highest BCUT2D eigenvalue weighted by molar-refractivity contribution is 5.27. The number of nitrogens with zero attached hydrogens (tertiary/aromatic N) is 4. The normalized spacial score (nSPS) is 19.9. The number of aryl methyl sites for hydroxylation is 1. The number of ether oxygens (including phenoxy) is 1. The van der Waals surface area contributed by atoms with Gasteiger partial charge in [0.1, 0.15) is 0 Å². The third kappa shape index (κ3) is 4.84. The van der Waals surface area contributed by atoms with Gasteiger partial charge in [0.2, 0.25) is 5.95 Å². The first-order valence-corrected chi connectivity index (χ1v) is 10.2. The Morgan fingerprint density at radius 3 is 2.81 bits per heavy atom. The number of nitrogens with one attached hydrogen (secondary N) is 2. The van der Waals surface area contributed by atoms with Crippen LogP contribution in [-0.2, 0) is 30.7 Å². The second-order valence-corrected chi connectivity index (χ2v) is 7.79. The standard InChI is InChI=1S/C20H30N6O/c1-26(14-19-17-7-3-2-4-8-18(17)24-25-19)13-15-10-21-20(22-11-15)23-12-16-6-5-9-27-16/h10-11,16H,2-9,12-14H2,1H3,(H,24,25)(H,21,22,23)/t16-/m1/s1. The number of fused-ring (bicyclic) bond motifs is 1. The summed E-state index contributed by atoms with van der Waals surface area (Å²) in [6, 6.07) is 0. The van der Waals surface area contributed by atoms with Gasteiger partial charge in [-0.25, -0.2) is 9.97 Å². The number of anilines is 1. The van der Waals surface area contributed by atoms with Crippen LogP contribution in [0.5, 0.6) is 0 Å². The highest BCUT2D eigenvalue weighted by Crippen LogP contribution is 2.22. The molecule has 7 heteroatoms. The number of rotatable bonds is 7. The lowest BCUT2D eigenvalue weighted by atomic mass is 10.1. The molecule has 2 aliphatic rings. The topological polar surface area (TPSA) is 79.0 Å². The number of aromatic nitrogens is 4. The van der Waals surface area contributed by atoms with Gasteiger partial charge in [-0.1, -0.05) is 6.42 Å². The van der Waals surface area contributed by atoms with E-state index in [0.29, 0.717) is 12.1 Å². The van der Waals surface area contributed by atoms with Crippen molar-refractivity contribution in [1.82, 2.24) is 25.1 Å². The maximum Gasteiger partial charge on any atom is 0.222 e. The maximum absolute atomic E-state index is 5.62. The van der Waals surface area contributed by atoms with Crippen LogP contribution in [0.2, 0.25) is 0 Å². The van der Waals surface area contributed by atoms with Gasteiger partial charge in [0.05, 0.1) is 11.8 Å². The highest BCUT2D eigenvalue weighted by atomic mass is 16.5. The molecule has 1 saturated heterocycles. The Balaban J connectivity index is 1.29. The van der Waals surface area contributed by atoms with E-state index in [2.05, 4.69) is 37.4 Å². The number of hydrogen-bond donors (Lipinski definition) is 2. The first-order valence-electron chi connectivity index (χ1n) is 10.2. The Morgan fingerprint density at radius 2 is 2.00 bits per heavy atom. The molecule has 0 radical (unpaired) electrons. The monoisotopic (exact) mass is 370 g/mol. The average Bonchev–Trinajstić information content (AvgIpc) is 3.26. The number of H-pyrrole nitrogens is 1. The van der Waals surface area contributed by atoms with E-state index in [-0.39, 0.29) is 0 Å². The smallest absolute Gasteiger partial charge is 0.222 e. The fourth-order valence-electron chi connectivity index (χ4n) is 4.02. The van der Waals surface area contributed by atoms with Gasteiger partial charge < -0.3 is 10.1 Å². The zero-order chi connectivity index (χ0) is 18.5. The summed E-state index contributed by atoms with van der Waals surface area (Å²) in [6.07, 6.45) is 12.5. The van der Waals surface area contributed by atoms with E-state index in [0.717, 1.165) is 57.5 Å². The van der Waals surface area contributed by atoms with Crippen LogP contribution in [-0.4, -0.2) is 51.4 Å². The third-order valence-corrected chi connectivity index (χ3v) is 5.48. The van der Waals surface area contributed by atoms with Crippen LogP contribution in [0.3, 0.4) is 0 Å². The van der Waals surface area contributed by atoms with Crippen LogP contribution in [0.4, 0.5) is 5.95 Å². The quantitative estimate of drug-likeness (QED) is 0.730. The summed E-state index contributed by atoms with van der Waals surface area (Å²) >= 11 is 0. The van der Waals surface area contributed by atoms with Crippen molar-refractivity contribution in [2.75, 3.05) is 25.5 Å². The van der Waals surface area contributed by atoms with Gasteiger partial charge >= 0.3 is 0 Å². The number of hydrogen-bond acceptors (Lipinski definition) is 6. The van der Waals surface area contributed by atoms with Crippen molar-refractivity contribution in [2.24, 2.45) is 0 Å². The van der Waals surface area contributed by atoms with Crippen molar-refractivity contribution in [2.45, 2.75) is 64.1 Å². The van der Waals surface area contributed by atoms with Crippen molar-refractivity contribution in [3.05, 3.63) is 34.9 Å². The fraction of sp³-hybridized carbons (Fsp3) is 0.650. The summed E-state index contributed by atoms with van der Waals surface area (Å²) in [5, 5.41) is 11.1. The lowest BCUT2D eigenvalue weighted by Gasteiger charge is -2.16. The van der Waals surface area contributed by atoms with Gasteiger partial charge in [0, 0.05) is 49.9 Å². The lowest BCUT2D eigenvalue weighted by Crippen LogP contribution is -2.20. The van der Waals surface area contributed by atoms with Gasteiger partial charge in [-0.15, -0.1) is 0 Å². The molecule has 1 aliphatic carbocycles. The van der Waals surface area contributed by atoms with Gasteiger partial charge in [-0.2, -0.15) is 5.10 Å². The van der Waals surface area contributed by atoms with Crippen LogP contribution >= 0.6 is 0 Å². The Kier molecular flexibility index (Phi) is 5.99. The van der Waals surface area contributed by atoms with Crippen molar-refractivity contribution in [3.63, 3.8) is 0 Å². The zero-order valence-electron chi connectivity index (χ0n) is 16.2. The summed E-state index contributed by atoms with van der Waals surface area (Å²) in [6.45, 7) is 3.32. The Hall–Kier alpha value is -1.99. The minimum absolute atomic E-state index is 0.295. The summed E-state index contributed by atoms with van der Waals surface area (Å²) in [5.74, 6) is 0.675. The predicted molar refractivity (Wildman–Crippen MR) is 105 cm³/mol. The molecule has 0 bridgehead atoms. The van der Waals surface area contributed by atoms with Crippen LogP contribution in [0.25, 0.3) is 0 Å². The van der Waals surface area contributed by atoms with E-state index in [1.807, 2.05) is 12.4 Å². The SMILES string of the molecule is CN(Cc1cnc(NC[C@H]2CCCO2)nc1)Cc1n[nH]c2c1CCCCC2. The molecule has 146 valence electrons. The molecule has 27 heavy (non-hydrogen) atoms. The second-order valence-electron chi connectivity index (χ2n) is 7.79. The van der Waals surface area contributed by atoms with E-state index < -0.39 is 0 Å². The minimum atomic E-state index is 0.295. The van der Waals surface area contributed by atoms with E-state index >= 15 is 0 Å². The van der Waals surface area contributed by atoms with E-state index in [9.17, 15) is 0 Å². The molecule has 1 aliphatic heterocycles. The molecule has 4 rings (SSSR count). The average molecular weight is 371 g/mol. The van der Waals surface area contributed by atoms with Crippen LogP contribution in [0, 0.1) is 0 Å². The van der Waals surface area contributed by atoms with E-state index in [1.165, 1.54) is 36.2 Å². The highest BCUT2D eigenvalue weighted by Gasteiger charge is 2.17.